The molecule has 0 aromatic carbocycles. The van der Waals surface area contributed by atoms with Gasteiger partial charge >= 0.3 is 0 Å². The predicted molar refractivity (Wildman–Crippen MR) is 78.5 cm³/mol. The van der Waals surface area contributed by atoms with Crippen LogP contribution in [0.1, 0.15) is 24.5 Å². The lowest BCUT2D eigenvalue weighted by Gasteiger charge is -2.31. The minimum atomic E-state index is 0.796. The number of nitrogens with one attached hydrogen (secondary N) is 1. The number of rotatable bonds is 7. The van der Waals surface area contributed by atoms with Crippen molar-refractivity contribution in [2.24, 2.45) is 13.0 Å². The molecular formula is C14H27N5O. The van der Waals surface area contributed by atoms with Crippen LogP contribution in [0.2, 0.25) is 0 Å². The molecule has 0 saturated carbocycles. The molecule has 0 unspecified atom stereocenters. The van der Waals surface area contributed by atoms with E-state index in [1.54, 1.807) is 7.11 Å². The van der Waals surface area contributed by atoms with Crippen LogP contribution in [0.25, 0.3) is 0 Å². The summed E-state index contributed by atoms with van der Waals surface area (Å²) in [5.74, 6) is 2.85. The molecule has 1 N–H and O–H groups in total. The number of likely N-dealkylation sites (tertiary alicyclic amines) is 1. The Morgan fingerprint density at radius 3 is 2.65 bits per heavy atom. The lowest BCUT2D eigenvalue weighted by atomic mass is 9.97. The summed E-state index contributed by atoms with van der Waals surface area (Å²) in [4.78, 5) is 2.48. The number of ether oxygens (including phenoxy) is 1. The van der Waals surface area contributed by atoms with Crippen LogP contribution < -0.4 is 5.32 Å². The highest BCUT2D eigenvalue weighted by Gasteiger charge is 2.20. The number of aryl methyl sites for hydroxylation is 1. The summed E-state index contributed by atoms with van der Waals surface area (Å²) in [7, 11) is 3.78. The van der Waals surface area contributed by atoms with Crippen LogP contribution >= 0.6 is 0 Å². The Labute approximate surface area is 121 Å². The van der Waals surface area contributed by atoms with Gasteiger partial charge in [0.1, 0.15) is 11.6 Å². The number of hydrogen-bond donors (Lipinski definition) is 1. The molecule has 0 spiro atoms. The maximum atomic E-state index is 5.04. The normalized spacial score (nSPS) is 17.8. The average Bonchev–Trinajstić information content (AvgIpc) is 2.77. The van der Waals surface area contributed by atoms with Gasteiger partial charge in [0, 0.05) is 20.7 Å². The topological polar surface area (TPSA) is 55.2 Å². The Hall–Kier alpha value is -0.980. The molecule has 0 amide bonds. The lowest BCUT2D eigenvalue weighted by molar-refractivity contribution is 0.164. The van der Waals surface area contributed by atoms with Crippen molar-refractivity contribution in [1.29, 1.82) is 0 Å². The highest BCUT2D eigenvalue weighted by atomic mass is 16.5. The second kappa shape index (κ2) is 7.71. The molecule has 1 aromatic rings. The van der Waals surface area contributed by atoms with Crippen LogP contribution in [-0.2, 0) is 18.3 Å². The first kappa shape index (κ1) is 15.4. The van der Waals surface area contributed by atoms with E-state index in [9.17, 15) is 0 Å². The fourth-order valence-corrected chi connectivity index (χ4v) is 2.62. The van der Waals surface area contributed by atoms with Gasteiger partial charge in [0.2, 0.25) is 0 Å². The Bertz CT molecular complexity index is 398. The molecule has 1 aromatic heterocycles. The number of aromatic nitrogens is 3. The molecule has 2 rings (SSSR count). The van der Waals surface area contributed by atoms with Gasteiger partial charge in [-0.2, -0.15) is 0 Å². The van der Waals surface area contributed by atoms with Crippen LogP contribution in [0.5, 0.6) is 0 Å². The third-order valence-electron chi connectivity index (χ3n) is 4.17. The number of nitrogens with zero attached hydrogens (tertiary/aromatic N) is 4. The predicted octanol–water partition coefficient (Wildman–Crippen LogP) is 0.572. The monoisotopic (exact) mass is 281 g/mol. The Kier molecular flexibility index (Phi) is 5.94. The molecule has 0 bridgehead atoms. The van der Waals surface area contributed by atoms with E-state index in [1.807, 2.05) is 14.0 Å². The molecule has 1 aliphatic heterocycles. The van der Waals surface area contributed by atoms with Crippen molar-refractivity contribution in [1.82, 2.24) is 25.0 Å². The van der Waals surface area contributed by atoms with Crippen LogP contribution in [0.3, 0.4) is 0 Å². The van der Waals surface area contributed by atoms with E-state index in [-0.39, 0.29) is 0 Å². The van der Waals surface area contributed by atoms with Crippen molar-refractivity contribution in [3.05, 3.63) is 11.6 Å². The quantitative estimate of drug-likeness (QED) is 0.741. The first-order chi connectivity index (χ1) is 9.70. The molecule has 1 saturated heterocycles. The van der Waals surface area contributed by atoms with Gasteiger partial charge in [-0.3, -0.25) is 4.90 Å². The van der Waals surface area contributed by atoms with E-state index in [0.29, 0.717) is 0 Å². The van der Waals surface area contributed by atoms with Gasteiger partial charge < -0.3 is 14.6 Å². The molecule has 6 heteroatoms. The zero-order valence-electron chi connectivity index (χ0n) is 12.9. The molecule has 6 nitrogen and oxygen atoms in total. The van der Waals surface area contributed by atoms with Crippen molar-refractivity contribution in [2.45, 2.75) is 26.3 Å². The highest BCUT2D eigenvalue weighted by Crippen LogP contribution is 2.17. The summed E-state index contributed by atoms with van der Waals surface area (Å²) in [6, 6.07) is 0. The van der Waals surface area contributed by atoms with E-state index >= 15 is 0 Å². The zero-order valence-corrected chi connectivity index (χ0v) is 12.9. The number of piperidine rings is 1. The smallest absolute Gasteiger partial charge is 0.146 e. The first-order valence-electron chi connectivity index (χ1n) is 7.47. The second-order valence-electron chi connectivity index (χ2n) is 5.64. The minimum absolute atomic E-state index is 0.796. The molecule has 20 heavy (non-hydrogen) atoms. The van der Waals surface area contributed by atoms with Gasteiger partial charge in [-0.25, -0.2) is 0 Å². The number of hydrogen-bond acceptors (Lipinski definition) is 5. The lowest BCUT2D eigenvalue weighted by Crippen LogP contribution is -2.37. The van der Waals surface area contributed by atoms with E-state index in [0.717, 1.165) is 56.9 Å². The maximum absolute atomic E-state index is 5.04. The van der Waals surface area contributed by atoms with Crippen molar-refractivity contribution in [3.63, 3.8) is 0 Å². The van der Waals surface area contributed by atoms with Crippen molar-refractivity contribution < 1.29 is 4.74 Å². The summed E-state index contributed by atoms with van der Waals surface area (Å²) in [6.07, 6.45) is 2.52. The van der Waals surface area contributed by atoms with Crippen molar-refractivity contribution >= 4 is 0 Å². The van der Waals surface area contributed by atoms with Gasteiger partial charge in [-0.15, -0.1) is 10.2 Å². The molecule has 2 heterocycles. The molecule has 0 atom stereocenters. The van der Waals surface area contributed by atoms with Crippen molar-refractivity contribution in [2.75, 3.05) is 39.9 Å². The van der Waals surface area contributed by atoms with Crippen LogP contribution in [-0.4, -0.2) is 59.6 Å². The summed E-state index contributed by atoms with van der Waals surface area (Å²) >= 11 is 0. The van der Waals surface area contributed by atoms with Gasteiger partial charge in [0.05, 0.1) is 13.2 Å². The van der Waals surface area contributed by atoms with Crippen LogP contribution in [0.4, 0.5) is 0 Å². The summed E-state index contributed by atoms with van der Waals surface area (Å²) in [5, 5.41) is 11.8. The maximum Gasteiger partial charge on any atom is 0.146 e. The fraction of sp³-hybridized carbons (Fsp3) is 0.857. The minimum Gasteiger partial charge on any atom is -0.383 e. The van der Waals surface area contributed by atoms with Crippen LogP contribution in [0.15, 0.2) is 0 Å². The van der Waals surface area contributed by atoms with Gasteiger partial charge in [-0.05, 0) is 45.3 Å². The fourth-order valence-electron chi connectivity index (χ4n) is 2.62. The largest absolute Gasteiger partial charge is 0.383 e. The van der Waals surface area contributed by atoms with Crippen molar-refractivity contribution in [3.8, 4) is 0 Å². The van der Waals surface area contributed by atoms with E-state index in [2.05, 4.69) is 25.0 Å². The van der Waals surface area contributed by atoms with Gasteiger partial charge in [0.15, 0.2) is 0 Å². The third-order valence-corrected chi connectivity index (χ3v) is 4.17. The van der Waals surface area contributed by atoms with E-state index < -0.39 is 0 Å². The van der Waals surface area contributed by atoms with E-state index in [4.69, 9.17) is 4.74 Å². The summed E-state index contributed by atoms with van der Waals surface area (Å²) in [6.45, 7) is 8.08. The van der Waals surface area contributed by atoms with E-state index in [1.165, 1.54) is 12.8 Å². The zero-order chi connectivity index (χ0) is 14.4. The SMILES string of the molecule is COCCNCC1CCN(Cc2nnc(C)n2C)CC1. The van der Waals surface area contributed by atoms with Gasteiger partial charge in [-0.1, -0.05) is 0 Å². The summed E-state index contributed by atoms with van der Waals surface area (Å²) in [5.41, 5.74) is 0. The van der Waals surface area contributed by atoms with Crippen LogP contribution in [0, 0.1) is 12.8 Å². The Morgan fingerprint density at radius 2 is 2.05 bits per heavy atom. The second-order valence-corrected chi connectivity index (χ2v) is 5.64. The molecule has 1 fully saturated rings. The highest BCUT2D eigenvalue weighted by molar-refractivity contribution is 4.93. The molecule has 0 radical (unpaired) electrons. The standard InChI is InChI=1S/C14H27N5O/c1-12-16-17-14(18(12)2)11-19-7-4-13(5-8-19)10-15-6-9-20-3/h13,15H,4-11H2,1-3H3. The average molecular weight is 281 g/mol. The Balaban J connectivity index is 1.68. The molecule has 0 aliphatic carbocycles. The third kappa shape index (κ3) is 4.26. The first-order valence-corrected chi connectivity index (χ1v) is 7.47. The number of methoxy groups -OCH3 is 1. The summed E-state index contributed by atoms with van der Waals surface area (Å²) < 4.78 is 7.12. The molecule has 1 aliphatic rings. The molecular weight excluding hydrogens is 254 g/mol. The Morgan fingerprint density at radius 1 is 1.30 bits per heavy atom. The molecule has 114 valence electrons. The van der Waals surface area contributed by atoms with Gasteiger partial charge in [0.25, 0.3) is 0 Å².